The number of halogens is 1. The second kappa shape index (κ2) is 6.39. The molecule has 0 atom stereocenters. The molecule has 0 unspecified atom stereocenters. The van der Waals surface area contributed by atoms with Gasteiger partial charge in [0.1, 0.15) is 0 Å². The zero-order valence-electron chi connectivity index (χ0n) is 10.8. The number of hydrogen-bond acceptors (Lipinski definition) is 1. The van der Waals surface area contributed by atoms with Crippen LogP contribution in [0.5, 0.6) is 0 Å². The van der Waals surface area contributed by atoms with Crippen molar-refractivity contribution in [2.45, 2.75) is 19.9 Å². The van der Waals surface area contributed by atoms with E-state index in [2.05, 4.69) is 11.4 Å². The first-order chi connectivity index (χ1) is 9.13. The molecule has 0 aromatic heterocycles. The van der Waals surface area contributed by atoms with E-state index in [4.69, 9.17) is 11.6 Å². The lowest BCUT2D eigenvalue weighted by molar-refractivity contribution is -0.120. The summed E-state index contributed by atoms with van der Waals surface area (Å²) in [6.07, 6.45) is 0.354. The highest BCUT2D eigenvalue weighted by Gasteiger charge is 2.03. The number of carbonyl (C=O) groups excluding carboxylic acids is 1. The lowest BCUT2D eigenvalue weighted by Gasteiger charge is -2.06. The van der Waals surface area contributed by atoms with Crippen LogP contribution >= 0.6 is 11.6 Å². The van der Waals surface area contributed by atoms with Gasteiger partial charge in [-0.2, -0.15) is 0 Å². The molecule has 1 amide bonds. The van der Waals surface area contributed by atoms with Gasteiger partial charge in [-0.25, -0.2) is 0 Å². The lowest BCUT2D eigenvalue weighted by atomic mass is 10.1. The Morgan fingerprint density at radius 3 is 2.58 bits per heavy atom. The molecule has 0 bridgehead atoms. The van der Waals surface area contributed by atoms with E-state index in [0.717, 1.165) is 11.1 Å². The van der Waals surface area contributed by atoms with Gasteiger partial charge in [0, 0.05) is 11.6 Å². The molecule has 0 aliphatic heterocycles. The summed E-state index contributed by atoms with van der Waals surface area (Å²) in [6.45, 7) is 2.60. The van der Waals surface area contributed by atoms with Gasteiger partial charge < -0.3 is 5.32 Å². The van der Waals surface area contributed by atoms with Crippen molar-refractivity contribution in [2.24, 2.45) is 0 Å². The Bertz CT molecular complexity index is 580. The van der Waals surface area contributed by atoms with Gasteiger partial charge in [-0.1, -0.05) is 53.6 Å². The minimum absolute atomic E-state index is 0.00349. The molecule has 2 nitrogen and oxygen atoms in total. The predicted molar refractivity (Wildman–Crippen MR) is 78.2 cm³/mol. The average molecular weight is 274 g/mol. The SMILES string of the molecule is Cc1cccc(CNC(=O)Cc2cccc(Cl)c2)c1. The van der Waals surface area contributed by atoms with Crippen LogP contribution in [0.4, 0.5) is 0 Å². The van der Waals surface area contributed by atoms with Gasteiger partial charge >= 0.3 is 0 Å². The summed E-state index contributed by atoms with van der Waals surface area (Å²) in [5.41, 5.74) is 3.23. The molecule has 2 rings (SSSR count). The lowest BCUT2D eigenvalue weighted by Crippen LogP contribution is -2.24. The maximum Gasteiger partial charge on any atom is 0.224 e. The van der Waals surface area contributed by atoms with E-state index >= 15 is 0 Å². The molecular weight excluding hydrogens is 258 g/mol. The second-order valence-electron chi connectivity index (χ2n) is 4.57. The summed E-state index contributed by atoms with van der Waals surface area (Å²) < 4.78 is 0. The molecule has 0 aliphatic rings. The number of nitrogens with one attached hydrogen (secondary N) is 1. The number of carbonyl (C=O) groups is 1. The highest BCUT2D eigenvalue weighted by molar-refractivity contribution is 6.30. The largest absolute Gasteiger partial charge is 0.352 e. The third kappa shape index (κ3) is 4.42. The molecule has 0 aliphatic carbocycles. The fourth-order valence-corrected chi connectivity index (χ4v) is 2.13. The molecule has 2 aromatic carbocycles. The van der Waals surface area contributed by atoms with Crippen LogP contribution < -0.4 is 5.32 Å². The van der Waals surface area contributed by atoms with Crippen LogP contribution in [0.15, 0.2) is 48.5 Å². The molecule has 2 aromatic rings. The van der Waals surface area contributed by atoms with E-state index < -0.39 is 0 Å². The van der Waals surface area contributed by atoms with Crippen LogP contribution in [0, 0.1) is 6.92 Å². The van der Waals surface area contributed by atoms with Crippen molar-refractivity contribution in [3.8, 4) is 0 Å². The average Bonchev–Trinajstić information content (AvgIpc) is 2.36. The minimum atomic E-state index is 0.00349. The molecule has 0 heterocycles. The Morgan fingerprint density at radius 2 is 1.84 bits per heavy atom. The van der Waals surface area contributed by atoms with Crippen molar-refractivity contribution in [3.05, 3.63) is 70.2 Å². The Hall–Kier alpha value is -1.80. The Kier molecular flexibility index (Phi) is 4.58. The molecule has 0 radical (unpaired) electrons. The molecular formula is C16H16ClNO. The van der Waals surface area contributed by atoms with Gasteiger partial charge in [-0.3, -0.25) is 4.79 Å². The number of amides is 1. The smallest absolute Gasteiger partial charge is 0.224 e. The summed E-state index contributed by atoms with van der Waals surface area (Å²) in [6, 6.07) is 15.5. The van der Waals surface area contributed by atoms with Gasteiger partial charge in [0.05, 0.1) is 6.42 Å². The summed E-state index contributed by atoms with van der Waals surface area (Å²) in [5, 5.41) is 3.57. The molecule has 0 saturated heterocycles. The van der Waals surface area contributed by atoms with Crippen molar-refractivity contribution in [1.82, 2.24) is 5.32 Å². The van der Waals surface area contributed by atoms with Gasteiger partial charge in [-0.05, 0) is 30.2 Å². The van der Waals surface area contributed by atoms with Crippen molar-refractivity contribution in [1.29, 1.82) is 0 Å². The third-order valence-corrected chi connectivity index (χ3v) is 3.06. The third-order valence-electron chi connectivity index (χ3n) is 2.83. The maximum absolute atomic E-state index is 11.8. The van der Waals surface area contributed by atoms with Crippen molar-refractivity contribution >= 4 is 17.5 Å². The van der Waals surface area contributed by atoms with Crippen LogP contribution in [0.2, 0.25) is 5.02 Å². The molecule has 19 heavy (non-hydrogen) atoms. The highest BCUT2D eigenvalue weighted by atomic mass is 35.5. The minimum Gasteiger partial charge on any atom is -0.352 e. The second-order valence-corrected chi connectivity index (χ2v) is 5.01. The standard InChI is InChI=1S/C16H16ClNO/c1-12-4-2-6-14(8-12)11-18-16(19)10-13-5-3-7-15(17)9-13/h2-9H,10-11H2,1H3,(H,18,19). The van der Waals surface area contributed by atoms with Crippen LogP contribution in [0.3, 0.4) is 0 Å². The van der Waals surface area contributed by atoms with Gasteiger partial charge in [0.2, 0.25) is 5.91 Å². The monoisotopic (exact) mass is 273 g/mol. The van der Waals surface area contributed by atoms with Crippen LogP contribution in [-0.2, 0) is 17.8 Å². The van der Waals surface area contributed by atoms with Crippen LogP contribution in [0.25, 0.3) is 0 Å². The Labute approximate surface area is 118 Å². The normalized spacial score (nSPS) is 10.2. The summed E-state index contributed by atoms with van der Waals surface area (Å²) in [7, 11) is 0. The van der Waals surface area contributed by atoms with Crippen LogP contribution in [-0.4, -0.2) is 5.91 Å². The number of rotatable bonds is 4. The van der Waals surface area contributed by atoms with E-state index in [1.807, 2.05) is 43.3 Å². The van der Waals surface area contributed by atoms with Gasteiger partial charge in [-0.15, -0.1) is 0 Å². The van der Waals surface area contributed by atoms with Gasteiger partial charge in [0.25, 0.3) is 0 Å². The fraction of sp³-hybridized carbons (Fsp3) is 0.188. The summed E-state index contributed by atoms with van der Waals surface area (Å²) >= 11 is 5.89. The zero-order valence-corrected chi connectivity index (χ0v) is 11.6. The zero-order chi connectivity index (χ0) is 13.7. The van der Waals surface area contributed by atoms with E-state index in [1.54, 1.807) is 6.07 Å². The first kappa shape index (κ1) is 13.6. The van der Waals surface area contributed by atoms with Crippen molar-refractivity contribution in [3.63, 3.8) is 0 Å². The predicted octanol–water partition coefficient (Wildman–Crippen LogP) is 3.51. The van der Waals surface area contributed by atoms with Crippen molar-refractivity contribution < 1.29 is 4.79 Å². The highest BCUT2D eigenvalue weighted by Crippen LogP contribution is 2.11. The van der Waals surface area contributed by atoms with Crippen LogP contribution in [0.1, 0.15) is 16.7 Å². The number of aryl methyl sites for hydroxylation is 1. The molecule has 0 saturated carbocycles. The summed E-state index contributed by atoms with van der Waals surface area (Å²) in [4.78, 5) is 11.8. The van der Waals surface area contributed by atoms with Gasteiger partial charge in [0.15, 0.2) is 0 Å². The fourth-order valence-electron chi connectivity index (χ4n) is 1.92. The number of benzene rings is 2. The molecule has 98 valence electrons. The topological polar surface area (TPSA) is 29.1 Å². The van der Waals surface area contributed by atoms with E-state index in [-0.39, 0.29) is 5.91 Å². The van der Waals surface area contributed by atoms with E-state index in [1.165, 1.54) is 5.56 Å². The molecule has 0 fully saturated rings. The summed E-state index contributed by atoms with van der Waals surface area (Å²) in [5.74, 6) is 0.00349. The number of hydrogen-bond donors (Lipinski definition) is 1. The maximum atomic E-state index is 11.8. The Morgan fingerprint density at radius 1 is 1.11 bits per heavy atom. The molecule has 1 N–H and O–H groups in total. The van der Waals surface area contributed by atoms with Crippen molar-refractivity contribution in [2.75, 3.05) is 0 Å². The first-order valence-electron chi connectivity index (χ1n) is 6.20. The quantitative estimate of drug-likeness (QED) is 0.907. The molecule has 0 spiro atoms. The molecule has 3 heteroatoms. The van der Waals surface area contributed by atoms with E-state index in [0.29, 0.717) is 18.0 Å². The first-order valence-corrected chi connectivity index (χ1v) is 6.58. The van der Waals surface area contributed by atoms with E-state index in [9.17, 15) is 4.79 Å². The Balaban J connectivity index is 1.88.